The van der Waals surface area contributed by atoms with Gasteiger partial charge in [0.25, 0.3) is 0 Å². The molecule has 0 aliphatic rings. The van der Waals surface area contributed by atoms with Crippen molar-refractivity contribution in [3.05, 3.63) is 457 Å². The second kappa shape index (κ2) is 74.4. The highest BCUT2D eigenvalue weighted by atomic mass is 16.3. The lowest BCUT2D eigenvalue weighted by atomic mass is 9.95. The third-order valence-electron chi connectivity index (χ3n) is 16.6. The maximum atomic E-state index is 5.65. The lowest BCUT2D eigenvalue weighted by molar-refractivity contribution is 0.669. The van der Waals surface area contributed by atoms with Gasteiger partial charge in [-0.15, -0.1) is 0 Å². The predicted octanol–water partition coefficient (Wildman–Crippen LogP) is 34.3. The molecule has 0 aliphatic carbocycles. The summed E-state index contributed by atoms with van der Waals surface area (Å²) < 4.78 is 5.65. The van der Waals surface area contributed by atoms with E-state index in [0.29, 0.717) is 11.6 Å². The zero-order valence-corrected chi connectivity index (χ0v) is 79.6. The standard InChI is InChI=1S/C20H14N4.C18H12.C12H8O.2C10H8.C9H7N.2C6H6.2C3H3N3.10C2H6/c1-2-6-15(7-3-1)19-22-14-23-20(24-19)17-9-4-8-16(12-17)18-10-5-11-21-13-18;1-2-8-14-13(7-1)15-9-3-4-11-17(15)18-12-6-5-10-16(14)18;1-3-7-11-9(5-1)10-6-2-4-8-12(10)13-11;2*1-2-6-10-8-4-3-7-9(10)5-1;1-2-6-9-8(4-1)5-3-7-10-9;2*1-2-4-6-5-3-1;2*1-4-2-6-3-5-1;10*1-2/h1-14H;1-12H;1-8H;2*1-8H;1-7H;2*1-6H;2*1-3H;10*1-2H3. The summed E-state index contributed by atoms with van der Waals surface area (Å²) in [5.74, 6) is 1.34. The molecule has 0 saturated carbocycles. The first-order chi connectivity index (χ1) is 64.2. The lowest BCUT2D eigenvalue weighted by Gasteiger charge is -2.09. The van der Waals surface area contributed by atoms with Gasteiger partial charge in [-0.25, -0.2) is 44.9 Å². The minimum absolute atomic E-state index is 0.662. The fourth-order valence-electron chi connectivity index (χ4n) is 11.5. The number of para-hydroxylation sites is 3. The molecule has 12 nitrogen and oxygen atoms in total. The molecule has 0 aliphatic heterocycles. The Morgan fingerprint density at radius 1 is 0.171 bits per heavy atom. The van der Waals surface area contributed by atoms with E-state index in [0.717, 1.165) is 38.9 Å². The van der Waals surface area contributed by atoms with Crippen LogP contribution in [0.2, 0.25) is 0 Å². The summed E-state index contributed by atoms with van der Waals surface area (Å²) in [7, 11) is 0. The second-order valence-corrected chi connectivity index (χ2v) is 23.8. The SMILES string of the molecule is CC.CC.CC.CC.CC.CC.CC.CC.CC.CC.c1ccc(-c2ncnc(-c3cccc(-c4cccnc4)c3)n2)cc1.c1ccc2c(c1)c1ccccc1c1ccccc21.c1ccc2c(c1)oc1ccccc12.c1ccc2ccccc2c1.c1ccc2ccccc2c1.c1ccc2ncccc2c1.c1ccccc1.c1ccccc1.c1ncncn1.c1ncncn1. The molecular weight excluding hydrogens is 1580 g/mol. The fourth-order valence-corrected chi connectivity index (χ4v) is 11.5. The van der Waals surface area contributed by atoms with Gasteiger partial charge in [0.15, 0.2) is 11.6 Å². The van der Waals surface area contributed by atoms with Crippen molar-refractivity contribution in [3.63, 3.8) is 0 Å². The molecular formula is C117H135N11O. The van der Waals surface area contributed by atoms with Gasteiger partial charge < -0.3 is 4.42 Å². The molecule has 0 spiro atoms. The summed E-state index contributed by atoms with van der Waals surface area (Å²) in [4.78, 5) is 43.0. The van der Waals surface area contributed by atoms with E-state index in [1.165, 1.54) is 108 Å². The molecule has 21 aromatic rings. The molecule has 664 valence electrons. The highest BCUT2D eigenvalue weighted by Gasteiger charge is 2.10. The van der Waals surface area contributed by atoms with Crippen LogP contribution >= 0.6 is 0 Å². The minimum atomic E-state index is 0.662. The van der Waals surface area contributed by atoms with Gasteiger partial charge >= 0.3 is 0 Å². The smallest absolute Gasteiger partial charge is 0.163 e. The van der Waals surface area contributed by atoms with Gasteiger partial charge in [0, 0.05) is 51.4 Å². The predicted molar refractivity (Wildman–Crippen MR) is 562 cm³/mol. The van der Waals surface area contributed by atoms with Crippen LogP contribution in [0.4, 0.5) is 0 Å². The van der Waals surface area contributed by atoms with Gasteiger partial charge in [0.05, 0.1) is 5.52 Å². The number of hydrogen-bond acceptors (Lipinski definition) is 12. The van der Waals surface area contributed by atoms with E-state index in [1.54, 1.807) is 12.5 Å². The first-order valence-electron chi connectivity index (χ1n) is 45.4. The maximum absolute atomic E-state index is 5.65. The van der Waals surface area contributed by atoms with E-state index < -0.39 is 0 Å². The normalized spacial score (nSPS) is 8.93. The molecule has 6 heterocycles. The Labute approximate surface area is 770 Å². The number of pyridine rings is 2. The Bertz CT molecular complexity index is 5200. The highest BCUT2D eigenvalue weighted by Crippen LogP contribution is 2.35. The first-order valence-corrected chi connectivity index (χ1v) is 45.4. The summed E-state index contributed by atoms with van der Waals surface area (Å²) >= 11 is 0. The van der Waals surface area contributed by atoms with Crippen LogP contribution in [-0.2, 0) is 0 Å². The van der Waals surface area contributed by atoms with E-state index in [2.05, 4.69) is 261 Å². The Balaban J connectivity index is 0.000000488. The number of nitrogens with zero attached hydrogens (tertiary/aromatic N) is 11. The average Bonchev–Trinajstić information content (AvgIpc) is 1.46. The van der Waals surface area contributed by atoms with E-state index in [9.17, 15) is 0 Å². The van der Waals surface area contributed by atoms with E-state index >= 15 is 0 Å². The molecule has 0 bridgehead atoms. The summed E-state index contributed by atoms with van der Waals surface area (Å²) in [6, 6.07) is 134. The van der Waals surface area contributed by atoms with E-state index in [1.807, 2.05) is 339 Å². The summed E-state index contributed by atoms with van der Waals surface area (Å²) in [5.41, 5.74) is 7.07. The van der Waals surface area contributed by atoms with Crippen LogP contribution in [0.1, 0.15) is 138 Å². The van der Waals surface area contributed by atoms with E-state index in [4.69, 9.17) is 4.42 Å². The topological polar surface area (TPSA) is 155 Å². The van der Waals surface area contributed by atoms with E-state index in [-0.39, 0.29) is 0 Å². The molecule has 0 fully saturated rings. The molecule has 0 radical (unpaired) electrons. The van der Waals surface area contributed by atoms with Crippen molar-refractivity contribution in [2.45, 2.75) is 138 Å². The summed E-state index contributed by atoms with van der Waals surface area (Å²) in [6.07, 6.45) is 15.6. The average molecular weight is 1710 g/mol. The second-order valence-electron chi connectivity index (χ2n) is 23.8. The quantitative estimate of drug-likeness (QED) is 0.155. The Hall–Kier alpha value is -15.0. The van der Waals surface area contributed by atoms with Crippen molar-refractivity contribution < 1.29 is 4.42 Å². The fraction of sp³-hybridized carbons (Fsp3) is 0.171. The van der Waals surface area contributed by atoms with Crippen molar-refractivity contribution in [1.82, 2.24) is 54.8 Å². The number of rotatable bonds is 3. The minimum Gasteiger partial charge on any atom is -0.456 e. The van der Waals surface area contributed by atoms with Crippen LogP contribution in [-0.4, -0.2) is 54.8 Å². The number of benzene rings is 15. The number of hydrogen-bond donors (Lipinski definition) is 0. The molecule has 129 heavy (non-hydrogen) atoms. The molecule has 21 rings (SSSR count). The summed E-state index contributed by atoms with van der Waals surface area (Å²) in [5, 5.41) is 16.9. The Kier molecular flexibility index (Phi) is 63.5. The number of aromatic nitrogens is 11. The number of furan rings is 1. The molecule has 15 aromatic carbocycles. The molecule has 6 aromatic heterocycles. The third-order valence-corrected chi connectivity index (χ3v) is 16.6. The van der Waals surface area contributed by atoms with Crippen LogP contribution in [0.3, 0.4) is 0 Å². The molecule has 0 atom stereocenters. The van der Waals surface area contributed by atoms with Crippen LogP contribution in [0.5, 0.6) is 0 Å². The van der Waals surface area contributed by atoms with Gasteiger partial charge in [-0.05, 0) is 95.8 Å². The molecule has 0 N–H and O–H groups in total. The largest absolute Gasteiger partial charge is 0.456 e. The molecule has 0 unspecified atom stereocenters. The molecule has 12 heteroatoms. The van der Waals surface area contributed by atoms with Gasteiger partial charge in [0.2, 0.25) is 0 Å². The summed E-state index contributed by atoms with van der Waals surface area (Å²) in [6.45, 7) is 40.0. The van der Waals surface area contributed by atoms with Crippen molar-refractivity contribution in [2.75, 3.05) is 0 Å². The Morgan fingerprint density at radius 3 is 0.736 bits per heavy atom. The van der Waals surface area contributed by atoms with Gasteiger partial charge in [-0.2, -0.15) is 0 Å². The maximum Gasteiger partial charge on any atom is 0.163 e. The van der Waals surface area contributed by atoms with Crippen LogP contribution in [0.15, 0.2) is 462 Å². The zero-order valence-electron chi connectivity index (χ0n) is 79.6. The highest BCUT2D eigenvalue weighted by molar-refractivity contribution is 6.25. The van der Waals surface area contributed by atoms with Gasteiger partial charge in [0.1, 0.15) is 55.5 Å². The van der Waals surface area contributed by atoms with Crippen molar-refractivity contribution in [3.8, 4) is 33.9 Å². The van der Waals surface area contributed by atoms with Gasteiger partial charge in [-0.3, -0.25) is 9.97 Å². The monoisotopic (exact) mass is 1710 g/mol. The van der Waals surface area contributed by atoms with Crippen molar-refractivity contribution in [1.29, 1.82) is 0 Å². The molecule has 0 saturated heterocycles. The van der Waals surface area contributed by atoms with Crippen molar-refractivity contribution >= 4 is 86.7 Å². The number of fused-ring (bicyclic) bond motifs is 12. The third kappa shape index (κ3) is 40.2. The Morgan fingerprint density at radius 2 is 0.419 bits per heavy atom. The first kappa shape index (κ1) is 110. The van der Waals surface area contributed by atoms with Crippen molar-refractivity contribution in [2.24, 2.45) is 0 Å². The van der Waals surface area contributed by atoms with Crippen LogP contribution in [0, 0.1) is 0 Å². The lowest BCUT2D eigenvalue weighted by Crippen LogP contribution is -1.95. The zero-order chi connectivity index (χ0) is 94.2. The van der Waals surface area contributed by atoms with Gasteiger partial charge in [-0.1, -0.05) is 496 Å². The van der Waals surface area contributed by atoms with Crippen LogP contribution in [0.25, 0.3) is 121 Å². The van der Waals surface area contributed by atoms with Crippen LogP contribution < -0.4 is 0 Å². The molecule has 0 amide bonds.